The Bertz CT molecular complexity index is 934. The number of ether oxygens (including phenoxy) is 1. The number of hydrogen-bond donors (Lipinski definition) is 2. The third kappa shape index (κ3) is 3.88. The van der Waals surface area contributed by atoms with E-state index in [1.807, 2.05) is 19.1 Å². The number of amides is 2. The van der Waals surface area contributed by atoms with Crippen molar-refractivity contribution in [1.29, 1.82) is 0 Å². The number of rotatable bonds is 5. The summed E-state index contributed by atoms with van der Waals surface area (Å²) in [5, 5.41) is 0.763. The van der Waals surface area contributed by atoms with E-state index in [1.54, 1.807) is 12.1 Å². The second kappa shape index (κ2) is 7.46. The molecule has 2 N–H and O–H groups in total. The van der Waals surface area contributed by atoms with Gasteiger partial charge in [0.15, 0.2) is 15.6 Å². The highest BCUT2D eigenvalue weighted by Gasteiger charge is 2.33. The molecule has 0 radical (unpaired) electrons. The van der Waals surface area contributed by atoms with Crippen molar-refractivity contribution in [3.63, 3.8) is 0 Å². The first kappa shape index (κ1) is 18.4. The lowest BCUT2D eigenvalue weighted by molar-refractivity contribution is -0.125. The Hall–Kier alpha value is -2.39. The van der Waals surface area contributed by atoms with Crippen LogP contribution in [0, 0.1) is 5.92 Å². The fraction of sp³-hybridized carbons (Fsp3) is 0.412. The number of sulfone groups is 1. The monoisotopic (exact) mass is 380 g/mol. The first-order valence-corrected chi connectivity index (χ1v) is 10.1. The Labute approximate surface area is 150 Å². The van der Waals surface area contributed by atoms with Crippen LogP contribution in [0.1, 0.15) is 29.5 Å². The summed E-state index contributed by atoms with van der Waals surface area (Å²) in [5.74, 6) is -1.96. The van der Waals surface area contributed by atoms with Crippen molar-refractivity contribution in [3.05, 3.63) is 35.6 Å². The lowest BCUT2D eigenvalue weighted by Crippen LogP contribution is -2.45. The Morgan fingerprint density at radius 3 is 2.73 bits per heavy atom. The van der Waals surface area contributed by atoms with Gasteiger partial charge in [-0.15, -0.1) is 0 Å². The summed E-state index contributed by atoms with van der Waals surface area (Å²) in [6, 6.07) is 7.19. The number of furan rings is 1. The summed E-state index contributed by atoms with van der Waals surface area (Å²) in [6.07, 6.45) is 0.254. The quantitative estimate of drug-likeness (QED) is 0.753. The van der Waals surface area contributed by atoms with Gasteiger partial charge in [0.2, 0.25) is 5.91 Å². The van der Waals surface area contributed by atoms with Crippen LogP contribution in [-0.4, -0.2) is 38.3 Å². The van der Waals surface area contributed by atoms with Crippen LogP contribution in [0.4, 0.5) is 0 Å². The second-order valence-electron chi connectivity index (χ2n) is 6.09. The van der Waals surface area contributed by atoms with Crippen LogP contribution in [0.3, 0.4) is 0 Å². The van der Waals surface area contributed by atoms with Crippen LogP contribution >= 0.6 is 0 Å². The zero-order valence-corrected chi connectivity index (χ0v) is 15.1. The van der Waals surface area contributed by atoms with E-state index in [0.717, 1.165) is 5.39 Å². The van der Waals surface area contributed by atoms with Gasteiger partial charge >= 0.3 is 5.91 Å². The summed E-state index contributed by atoms with van der Waals surface area (Å²) >= 11 is 0. The molecule has 1 aliphatic rings. The minimum absolute atomic E-state index is 0.0128. The molecule has 1 fully saturated rings. The average molecular weight is 380 g/mol. The van der Waals surface area contributed by atoms with E-state index in [0.29, 0.717) is 17.8 Å². The van der Waals surface area contributed by atoms with Gasteiger partial charge in [0, 0.05) is 17.6 Å². The highest BCUT2D eigenvalue weighted by atomic mass is 32.2. The summed E-state index contributed by atoms with van der Waals surface area (Å²) in [6.45, 7) is 2.52. The maximum Gasteiger partial charge on any atom is 0.305 e. The van der Waals surface area contributed by atoms with Gasteiger partial charge in [0.05, 0.1) is 24.0 Å². The maximum absolute atomic E-state index is 12.5. The van der Waals surface area contributed by atoms with Gasteiger partial charge < -0.3 is 9.15 Å². The molecule has 26 heavy (non-hydrogen) atoms. The van der Waals surface area contributed by atoms with E-state index >= 15 is 0 Å². The first-order chi connectivity index (χ1) is 12.4. The van der Waals surface area contributed by atoms with Crippen molar-refractivity contribution in [2.45, 2.75) is 20.0 Å². The van der Waals surface area contributed by atoms with E-state index in [2.05, 4.69) is 10.9 Å². The van der Waals surface area contributed by atoms with E-state index < -0.39 is 27.6 Å². The summed E-state index contributed by atoms with van der Waals surface area (Å²) in [4.78, 5) is 24.5. The standard InChI is InChI=1S/C17H20N2O6S/c1-2-24-9-13-12-5-3-4-6-14(12)25-15(13)17(21)19-18-16(20)11-7-8-26(22,23)10-11/h3-6,11H,2,7-10H2,1H3,(H,18,20)(H,19,21)/t11-/m1/s1. The molecule has 0 saturated carbocycles. The van der Waals surface area contributed by atoms with Gasteiger partial charge in [-0.3, -0.25) is 20.4 Å². The Morgan fingerprint density at radius 2 is 2.04 bits per heavy atom. The first-order valence-electron chi connectivity index (χ1n) is 8.30. The highest BCUT2D eigenvalue weighted by molar-refractivity contribution is 7.91. The maximum atomic E-state index is 12.5. The Kier molecular flexibility index (Phi) is 5.28. The molecule has 0 bridgehead atoms. The van der Waals surface area contributed by atoms with Crippen LogP contribution in [-0.2, 0) is 26.0 Å². The number of hydrazine groups is 1. The Morgan fingerprint density at radius 1 is 1.27 bits per heavy atom. The molecule has 8 nitrogen and oxygen atoms in total. The number of carbonyl (C=O) groups excluding carboxylic acids is 2. The average Bonchev–Trinajstić information content (AvgIpc) is 3.17. The largest absolute Gasteiger partial charge is 0.450 e. The highest BCUT2D eigenvalue weighted by Crippen LogP contribution is 2.26. The number of nitrogens with one attached hydrogen (secondary N) is 2. The van der Waals surface area contributed by atoms with Crippen molar-refractivity contribution in [3.8, 4) is 0 Å². The molecule has 1 atom stereocenters. The lowest BCUT2D eigenvalue weighted by Gasteiger charge is -2.10. The smallest absolute Gasteiger partial charge is 0.305 e. The summed E-state index contributed by atoms with van der Waals surface area (Å²) in [5.41, 5.74) is 5.72. The van der Waals surface area contributed by atoms with Crippen molar-refractivity contribution in [1.82, 2.24) is 10.9 Å². The molecule has 1 aromatic carbocycles. The molecule has 1 aliphatic heterocycles. The van der Waals surface area contributed by atoms with Crippen molar-refractivity contribution < 1.29 is 27.2 Å². The second-order valence-corrected chi connectivity index (χ2v) is 8.32. The molecule has 2 heterocycles. The van der Waals surface area contributed by atoms with Gasteiger partial charge in [-0.1, -0.05) is 18.2 Å². The lowest BCUT2D eigenvalue weighted by atomic mass is 10.1. The summed E-state index contributed by atoms with van der Waals surface area (Å²) in [7, 11) is -3.17. The molecule has 0 spiro atoms. The molecule has 2 aromatic rings. The predicted octanol–water partition coefficient (Wildman–Crippen LogP) is 1.17. The zero-order valence-electron chi connectivity index (χ0n) is 14.3. The summed E-state index contributed by atoms with van der Waals surface area (Å²) < 4.78 is 33.9. The SMILES string of the molecule is CCOCc1c(C(=O)NNC(=O)[C@@H]2CCS(=O)(=O)C2)oc2ccccc12. The predicted molar refractivity (Wildman–Crippen MR) is 93.9 cm³/mol. The fourth-order valence-electron chi connectivity index (χ4n) is 2.91. The number of benzene rings is 1. The number of hydrogen-bond acceptors (Lipinski definition) is 6. The van der Waals surface area contributed by atoms with E-state index in [1.165, 1.54) is 0 Å². The van der Waals surface area contributed by atoms with Crippen molar-refractivity contribution >= 4 is 32.6 Å². The van der Waals surface area contributed by atoms with Crippen LogP contribution in [0.25, 0.3) is 11.0 Å². The number of carbonyl (C=O) groups is 2. The molecule has 0 unspecified atom stereocenters. The third-order valence-electron chi connectivity index (χ3n) is 4.26. The van der Waals surface area contributed by atoms with Crippen molar-refractivity contribution in [2.75, 3.05) is 18.1 Å². The molecule has 1 aromatic heterocycles. The van der Waals surface area contributed by atoms with Crippen LogP contribution in [0.5, 0.6) is 0 Å². The minimum atomic E-state index is -3.17. The number of fused-ring (bicyclic) bond motifs is 1. The molecular weight excluding hydrogens is 360 g/mol. The molecular formula is C17H20N2O6S. The fourth-order valence-corrected chi connectivity index (χ4v) is 4.65. The van der Waals surface area contributed by atoms with E-state index in [9.17, 15) is 18.0 Å². The molecule has 140 valence electrons. The van der Waals surface area contributed by atoms with Crippen LogP contribution < -0.4 is 10.9 Å². The third-order valence-corrected chi connectivity index (χ3v) is 6.03. The van der Waals surface area contributed by atoms with Gasteiger partial charge in [-0.2, -0.15) is 0 Å². The van der Waals surface area contributed by atoms with Gasteiger partial charge in [0.1, 0.15) is 5.58 Å². The molecule has 1 saturated heterocycles. The molecule has 2 amide bonds. The normalized spacial score (nSPS) is 18.7. The van der Waals surface area contributed by atoms with Gasteiger partial charge in [-0.25, -0.2) is 8.42 Å². The van der Waals surface area contributed by atoms with Crippen LogP contribution in [0.15, 0.2) is 28.7 Å². The van der Waals surface area contributed by atoms with Gasteiger partial charge in [-0.05, 0) is 19.4 Å². The van der Waals surface area contributed by atoms with Crippen molar-refractivity contribution in [2.24, 2.45) is 5.92 Å². The number of para-hydroxylation sites is 1. The van der Waals surface area contributed by atoms with E-state index in [4.69, 9.17) is 9.15 Å². The minimum Gasteiger partial charge on any atom is -0.450 e. The van der Waals surface area contributed by atoms with Crippen LogP contribution in [0.2, 0.25) is 0 Å². The molecule has 9 heteroatoms. The van der Waals surface area contributed by atoms with E-state index in [-0.39, 0.29) is 30.3 Å². The zero-order chi connectivity index (χ0) is 18.7. The molecule has 0 aliphatic carbocycles. The Balaban J connectivity index is 1.72. The molecule has 3 rings (SSSR count). The van der Waals surface area contributed by atoms with Gasteiger partial charge in [0.25, 0.3) is 0 Å². The topological polar surface area (TPSA) is 115 Å².